The van der Waals surface area contributed by atoms with Crippen LogP contribution in [0.15, 0.2) is 47.0 Å². The minimum Gasteiger partial charge on any atom is -0.493 e. The summed E-state index contributed by atoms with van der Waals surface area (Å²) in [4.78, 5) is 12.6. The third-order valence-corrected chi connectivity index (χ3v) is 4.60. The van der Waals surface area contributed by atoms with Gasteiger partial charge in [0.25, 0.3) is 5.91 Å². The van der Waals surface area contributed by atoms with Gasteiger partial charge in [-0.15, -0.1) is 0 Å². The van der Waals surface area contributed by atoms with Gasteiger partial charge in [-0.2, -0.15) is 5.26 Å². The highest BCUT2D eigenvalue weighted by atomic mass is 19.1. The van der Waals surface area contributed by atoms with Crippen LogP contribution >= 0.6 is 0 Å². The molecule has 0 radical (unpaired) electrons. The number of nitriles is 1. The third kappa shape index (κ3) is 4.41. The summed E-state index contributed by atoms with van der Waals surface area (Å²) in [6, 6.07) is 11.2. The van der Waals surface area contributed by atoms with Crippen LogP contribution in [0.4, 0.5) is 4.39 Å². The van der Waals surface area contributed by atoms with Gasteiger partial charge in [-0.3, -0.25) is 4.79 Å². The maximum atomic E-state index is 14.0. The number of nitrogens with zero attached hydrogens (tertiary/aromatic N) is 2. The number of ether oxygens (including phenoxy) is 2. The number of nitrogens with one attached hydrogen (secondary N) is 1. The molecule has 1 unspecified atom stereocenters. The van der Waals surface area contributed by atoms with Crippen molar-refractivity contribution in [2.45, 2.75) is 26.5 Å². The molecule has 7 nitrogen and oxygen atoms in total. The van der Waals surface area contributed by atoms with Gasteiger partial charge < -0.3 is 19.3 Å². The molecule has 30 heavy (non-hydrogen) atoms. The minimum absolute atomic E-state index is 0.0970. The Morgan fingerprint density at radius 2 is 2.03 bits per heavy atom. The summed E-state index contributed by atoms with van der Waals surface area (Å²) in [7, 11) is 1.46. The molecule has 1 heterocycles. The number of hydrogen-bond donors (Lipinski definition) is 1. The topological polar surface area (TPSA) is 97.4 Å². The first-order valence-corrected chi connectivity index (χ1v) is 9.12. The van der Waals surface area contributed by atoms with Gasteiger partial charge in [-0.05, 0) is 38.1 Å². The number of aromatic nitrogens is 1. The number of rotatable bonds is 7. The molecule has 154 valence electrons. The van der Waals surface area contributed by atoms with Crippen molar-refractivity contribution in [1.82, 2.24) is 10.5 Å². The van der Waals surface area contributed by atoms with Crippen LogP contribution in [0.1, 0.15) is 39.0 Å². The lowest BCUT2D eigenvalue weighted by atomic mass is 10.1. The molecule has 0 saturated heterocycles. The molecular formula is C22H20FN3O4. The fourth-order valence-electron chi connectivity index (χ4n) is 2.89. The molecule has 1 N–H and O–H groups in total. The van der Waals surface area contributed by atoms with Crippen molar-refractivity contribution in [3.05, 3.63) is 76.4 Å². The molecule has 0 fully saturated rings. The largest absolute Gasteiger partial charge is 0.493 e. The normalized spacial score (nSPS) is 11.4. The van der Waals surface area contributed by atoms with Gasteiger partial charge in [0.1, 0.15) is 24.2 Å². The summed E-state index contributed by atoms with van der Waals surface area (Å²) in [5.41, 5.74) is 1.91. The van der Waals surface area contributed by atoms with Gasteiger partial charge in [0.15, 0.2) is 11.5 Å². The first kappa shape index (κ1) is 20.9. The third-order valence-electron chi connectivity index (χ3n) is 4.60. The lowest BCUT2D eigenvalue weighted by Crippen LogP contribution is -2.28. The van der Waals surface area contributed by atoms with E-state index in [-0.39, 0.29) is 17.7 Å². The Morgan fingerprint density at radius 3 is 2.67 bits per heavy atom. The second kappa shape index (κ2) is 9.09. The zero-order valence-electron chi connectivity index (χ0n) is 16.7. The predicted molar refractivity (Wildman–Crippen MR) is 106 cm³/mol. The van der Waals surface area contributed by atoms with E-state index in [4.69, 9.17) is 14.0 Å². The van der Waals surface area contributed by atoms with Crippen molar-refractivity contribution in [3.63, 3.8) is 0 Å². The number of halogens is 1. The average Bonchev–Trinajstić information content (AvgIpc) is 3.08. The molecular weight excluding hydrogens is 389 g/mol. The average molecular weight is 409 g/mol. The molecule has 3 aromatic rings. The van der Waals surface area contributed by atoms with Crippen molar-refractivity contribution in [2.24, 2.45) is 0 Å². The van der Waals surface area contributed by atoms with E-state index in [1.165, 1.54) is 37.4 Å². The minimum atomic E-state index is -1.12. The lowest BCUT2D eigenvalue weighted by molar-refractivity contribution is 0.0944. The predicted octanol–water partition coefficient (Wildman–Crippen LogP) is 4.01. The molecule has 1 atom stereocenters. The number of amides is 1. The highest BCUT2D eigenvalue weighted by Gasteiger charge is 2.20. The Bertz CT molecular complexity index is 1080. The van der Waals surface area contributed by atoms with E-state index in [0.717, 1.165) is 11.3 Å². The fraction of sp³-hybridized carbons (Fsp3) is 0.227. The van der Waals surface area contributed by atoms with E-state index in [0.29, 0.717) is 17.3 Å². The fourth-order valence-corrected chi connectivity index (χ4v) is 2.89. The summed E-state index contributed by atoms with van der Waals surface area (Å²) in [6.45, 7) is 3.85. The molecule has 0 aliphatic heterocycles. The Labute approximate surface area is 173 Å². The maximum Gasteiger partial charge on any atom is 0.252 e. The van der Waals surface area contributed by atoms with Crippen LogP contribution in [0.3, 0.4) is 0 Å². The SMILES string of the molecule is COc1cc(C(=O)NC(C#N)c2ccccc2F)ccc1OCc1c(C)noc1C. The van der Waals surface area contributed by atoms with E-state index in [2.05, 4.69) is 10.5 Å². The van der Waals surface area contributed by atoms with Gasteiger partial charge >= 0.3 is 0 Å². The Kier molecular flexibility index (Phi) is 6.32. The van der Waals surface area contributed by atoms with Gasteiger partial charge in [0, 0.05) is 11.1 Å². The van der Waals surface area contributed by atoms with Gasteiger partial charge in [-0.25, -0.2) is 4.39 Å². The molecule has 3 rings (SSSR count). The first-order chi connectivity index (χ1) is 14.4. The molecule has 0 spiro atoms. The van der Waals surface area contributed by atoms with E-state index in [9.17, 15) is 14.4 Å². The molecule has 2 aromatic carbocycles. The summed E-state index contributed by atoms with van der Waals surface area (Å²) >= 11 is 0. The molecule has 0 saturated carbocycles. The van der Waals surface area contributed by atoms with Crippen LogP contribution in [-0.4, -0.2) is 18.2 Å². The van der Waals surface area contributed by atoms with Gasteiger partial charge in [-0.1, -0.05) is 23.4 Å². The number of methoxy groups -OCH3 is 1. The monoisotopic (exact) mass is 409 g/mol. The summed E-state index contributed by atoms with van der Waals surface area (Å²) in [5, 5.41) is 15.8. The van der Waals surface area contributed by atoms with Crippen molar-refractivity contribution in [3.8, 4) is 17.6 Å². The summed E-state index contributed by atoms with van der Waals surface area (Å²) in [5.74, 6) is 0.331. The van der Waals surface area contributed by atoms with E-state index in [1.54, 1.807) is 19.1 Å². The van der Waals surface area contributed by atoms with Crippen LogP contribution in [0.5, 0.6) is 11.5 Å². The van der Waals surface area contributed by atoms with E-state index >= 15 is 0 Å². The van der Waals surface area contributed by atoms with E-state index < -0.39 is 17.8 Å². The van der Waals surface area contributed by atoms with Crippen LogP contribution in [0, 0.1) is 31.0 Å². The molecule has 0 aliphatic carbocycles. The first-order valence-electron chi connectivity index (χ1n) is 9.12. The molecule has 8 heteroatoms. The smallest absolute Gasteiger partial charge is 0.252 e. The van der Waals surface area contributed by atoms with Crippen LogP contribution in [-0.2, 0) is 6.61 Å². The second-order valence-electron chi connectivity index (χ2n) is 6.51. The number of aryl methyl sites for hydroxylation is 2. The summed E-state index contributed by atoms with van der Waals surface area (Å²) < 4.78 is 30.2. The highest BCUT2D eigenvalue weighted by molar-refractivity contribution is 5.95. The van der Waals surface area contributed by atoms with Crippen LogP contribution in [0.25, 0.3) is 0 Å². The quantitative estimate of drug-likeness (QED) is 0.633. The molecule has 1 aromatic heterocycles. The Balaban J connectivity index is 1.76. The zero-order chi connectivity index (χ0) is 21.7. The number of benzene rings is 2. The Hall–Kier alpha value is -3.86. The number of carbonyl (C=O) groups excluding carboxylic acids is 1. The molecule has 0 bridgehead atoms. The Morgan fingerprint density at radius 1 is 1.27 bits per heavy atom. The van der Waals surface area contributed by atoms with Gasteiger partial charge in [0.2, 0.25) is 0 Å². The highest BCUT2D eigenvalue weighted by Crippen LogP contribution is 2.30. The van der Waals surface area contributed by atoms with Crippen LogP contribution < -0.4 is 14.8 Å². The summed E-state index contributed by atoms with van der Waals surface area (Å²) in [6.07, 6.45) is 0. The van der Waals surface area contributed by atoms with Crippen molar-refractivity contribution in [2.75, 3.05) is 7.11 Å². The van der Waals surface area contributed by atoms with Crippen molar-refractivity contribution >= 4 is 5.91 Å². The standard InChI is InChI=1S/C22H20FN3O4/c1-13-17(14(2)30-26-13)12-29-20-9-8-15(10-21(20)28-3)22(27)25-19(11-24)16-6-4-5-7-18(16)23/h4-10,19H,12H2,1-3H3,(H,25,27). The zero-order valence-corrected chi connectivity index (χ0v) is 16.7. The number of carbonyl (C=O) groups is 1. The molecule has 0 aliphatic rings. The maximum absolute atomic E-state index is 14.0. The van der Waals surface area contributed by atoms with Crippen molar-refractivity contribution < 1.29 is 23.2 Å². The molecule has 1 amide bonds. The van der Waals surface area contributed by atoms with Gasteiger partial charge in [0.05, 0.1) is 24.4 Å². The second-order valence-corrected chi connectivity index (χ2v) is 6.51. The van der Waals surface area contributed by atoms with Crippen molar-refractivity contribution in [1.29, 1.82) is 5.26 Å². The number of hydrogen-bond acceptors (Lipinski definition) is 6. The van der Waals surface area contributed by atoms with Crippen LogP contribution in [0.2, 0.25) is 0 Å². The lowest BCUT2D eigenvalue weighted by Gasteiger charge is -2.15. The van der Waals surface area contributed by atoms with E-state index in [1.807, 2.05) is 13.0 Å².